The minimum absolute atomic E-state index is 0.000231. The Balaban J connectivity index is 2.49. The summed E-state index contributed by atoms with van der Waals surface area (Å²) in [7, 11) is 0. The van der Waals surface area contributed by atoms with Crippen LogP contribution in [0, 0.1) is 5.41 Å². The Kier molecular flexibility index (Phi) is 1.66. The van der Waals surface area contributed by atoms with Crippen LogP contribution in [0.15, 0.2) is 10.5 Å². The van der Waals surface area contributed by atoms with Gasteiger partial charge in [-0.2, -0.15) is 0 Å². The molecule has 2 aliphatic heterocycles. The molecule has 1 N–H and O–H groups in total. The molecule has 0 aromatic heterocycles. The summed E-state index contributed by atoms with van der Waals surface area (Å²) in [6.07, 6.45) is 0. The minimum Gasteiger partial charge on any atom is -0.299 e. The summed E-state index contributed by atoms with van der Waals surface area (Å²) in [5.74, 6) is 0. The summed E-state index contributed by atoms with van der Waals surface area (Å²) in [4.78, 5) is 22.9. The molecule has 0 bridgehead atoms. The predicted molar refractivity (Wildman–Crippen MR) is 49.4 cm³/mol. The van der Waals surface area contributed by atoms with E-state index in [1.165, 1.54) is 0 Å². The maximum atomic E-state index is 11.1. The average Bonchev–Trinajstić information content (AvgIpc) is 2.43. The largest absolute Gasteiger partial charge is 0.299 e. The molecule has 0 amide bonds. The van der Waals surface area contributed by atoms with Crippen molar-refractivity contribution in [3.8, 4) is 0 Å². The minimum atomic E-state index is -0.282. The number of carbonyl (C=O) groups excluding carboxylic acids is 2. The Labute approximate surface area is 77.5 Å². The molecule has 2 heterocycles. The van der Waals surface area contributed by atoms with E-state index >= 15 is 0 Å². The highest BCUT2D eigenvalue weighted by Crippen LogP contribution is 2.46. The summed E-state index contributed by atoms with van der Waals surface area (Å²) < 4.78 is 0. The first-order valence-corrected chi connectivity index (χ1v) is 5.03. The lowest BCUT2D eigenvalue weighted by Gasteiger charge is -1.96. The highest BCUT2D eigenvalue weighted by molar-refractivity contribution is 8.24. The van der Waals surface area contributed by atoms with Crippen LogP contribution in [0.4, 0.5) is 0 Å². The number of carbonyl (C=O) groups is 2. The number of thioether (sulfide) groups is 2. The van der Waals surface area contributed by atoms with Crippen LogP contribution in [0.2, 0.25) is 0 Å². The fraction of sp³-hybridized carbons (Fsp3) is 0.286. The van der Waals surface area contributed by atoms with Gasteiger partial charge in [0.25, 0.3) is 0 Å². The molecule has 62 valence electrons. The van der Waals surface area contributed by atoms with Crippen LogP contribution in [0.25, 0.3) is 0 Å². The zero-order valence-electron chi connectivity index (χ0n) is 6.21. The Hall–Kier alpha value is -0.550. The third-order valence-corrected chi connectivity index (χ3v) is 4.37. The molecule has 5 heteroatoms. The summed E-state index contributed by atoms with van der Waals surface area (Å²) >= 11 is 2.11. The van der Waals surface area contributed by atoms with Gasteiger partial charge in [0.05, 0.1) is 5.25 Å². The molecule has 0 spiro atoms. The molecule has 3 nitrogen and oxygen atoms in total. The maximum Gasteiger partial charge on any atom is 0.238 e. The van der Waals surface area contributed by atoms with Gasteiger partial charge in [-0.3, -0.25) is 15.0 Å². The van der Waals surface area contributed by atoms with Crippen molar-refractivity contribution in [1.82, 2.24) is 0 Å². The molecule has 2 aliphatic rings. The molecular weight excluding hydrogens is 194 g/mol. The summed E-state index contributed by atoms with van der Waals surface area (Å²) in [6.45, 7) is 1.71. The Bertz CT molecular complexity index is 343. The van der Waals surface area contributed by atoms with E-state index in [9.17, 15) is 9.59 Å². The third-order valence-electron chi connectivity index (χ3n) is 1.82. The van der Waals surface area contributed by atoms with Crippen molar-refractivity contribution in [3.63, 3.8) is 0 Å². The number of fused-ring (bicyclic) bond motifs is 1. The van der Waals surface area contributed by atoms with Crippen LogP contribution >= 0.6 is 23.5 Å². The highest BCUT2D eigenvalue weighted by atomic mass is 32.2. The van der Waals surface area contributed by atoms with Crippen molar-refractivity contribution in [2.45, 2.75) is 12.2 Å². The zero-order chi connectivity index (χ0) is 8.88. The van der Waals surface area contributed by atoms with E-state index < -0.39 is 0 Å². The molecule has 1 fully saturated rings. The SMILES string of the molecule is CC1=C2SC(=O)C(=N)C2SC1=O. The van der Waals surface area contributed by atoms with Crippen LogP contribution in [-0.4, -0.2) is 21.2 Å². The molecule has 0 aliphatic carbocycles. The van der Waals surface area contributed by atoms with Crippen LogP contribution in [0.3, 0.4) is 0 Å². The van der Waals surface area contributed by atoms with E-state index in [0.29, 0.717) is 5.57 Å². The Morgan fingerprint density at radius 3 is 2.58 bits per heavy atom. The summed E-state index contributed by atoms with van der Waals surface area (Å²) in [5, 5.41) is 6.89. The molecule has 0 saturated carbocycles. The first-order valence-electron chi connectivity index (χ1n) is 3.33. The average molecular weight is 199 g/mol. The first kappa shape index (κ1) is 8.07. The lowest BCUT2D eigenvalue weighted by Crippen LogP contribution is -2.13. The lowest BCUT2D eigenvalue weighted by molar-refractivity contribution is -0.107. The van der Waals surface area contributed by atoms with Crippen molar-refractivity contribution in [2.75, 3.05) is 0 Å². The van der Waals surface area contributed by atoms with Gasteiger partial charge in [0, 0.05) is 10.5 Å². The summed E-state index contributed by atoms with van der Waals surface area (Å²) in [5.41, 5.74) is 0.704. The van der Waals surface area contributed by atoms with Crippen molar-refractivity contribution in [3.05, 3.63) is 10.5 Å². The molecule has 0 aromatic carbocycles. The molecule has 1 unspecified atom stereocenters. The van der Waals surface area contributed by atoms with E-state index in [1.54, 1.807) is 6.92 Å². The van der Waals surface area contributed by atoms with E-state index in [1.807, 2.05) is 0 Å². The van der Waals surface area contributed by atoms with Crippen LogP contribution in [0.1, 0.15) is 6.92 Å². The van der Waals surface area contributed by atoms with Crippen molar-refractivity contribution in [1.29, 1.82) is 5.41 Å². The standard InChI is InChI=1S/C7H5NO2S2/c1-2-4-5(12-6(2)9)3(8)7(10)11-4/h5,8H,1H3. The van der Waals surface area contributed by atoms with Crippen molar-refractivity contribution in [2.24, 2.45) is 0 Å². The van der Waals surface area contributed by atoms with Crippen LogP contribution < -0.4 is 0 Å². The number of nitrogens with one attached hydrogen (secondary N) is 1. The third kappa shape index (κ3) is 0.895. The maximum absolute atomic E-state index is 11.1. The van der Waals surface area contributed by atoms with Crippen molar-refractivity contribution >= 4 is 39.5 Å². The zero-order valence-corrected chi connectivity index (χ0v) is 7.84. The quantitative estimate of drug-likeness (QED) is 0.636. The van der Waals surface area contributed by atoms with Gasteiger partial charge in [-0.1, -0.05) is 11.8 Å². The molecular formula is C7H5NO2S2. The van der Waals surface area contributed by atoms with Gasteiger partial charge in [0.15, 0.2) is 0 Å². The van der Waals surface area contributed by atoms with E-state index in [0.717, 1.165) is 28.4 Å². The van der Waals surface area contributed by atoms with Crippen molar-refractivity contribution < 1.29 is 9.59 Å². The normalized spacial score (nSPS) is 28.8. The number of hydrogen-bond acceptors (Lipinski definition) is 5. The van der Waals surface area contributed by atoms with Crippen LogP contribution in [0.5, 0.6) is 0 Å². The Morgan fingerprint density at radius 1 is 1.33 bits per heavy atom. The second-order valence-corrected chi connectivity index (χ2v) is 4.67. The second-order valence-electron chi connectivity index (χ2n) is 2.58. The van der Waals surface area contributed by atoms with E-state index in [4.69, 9.17) is 5.41 Å². The second kappa shape index (κ2) is 2.47. The molecule has 12 heavy (non-hydrogen) atoms. The molecule has 1 saturated heterocycles. The number of hydrogen-bond donors (Lipinski definition) is 1. The smallest absolute Gasteiger partial charge is 0.238 e. The number of rotatable bonds is 0. The van der Waals surface area contributed by atoms with E-state index in [2.05, 4.69) is 0 Å². The highest BCUT2D eigenvalue weighted by Gasteiger charge is 2.43. The fourth-order valence-electron chi connectivity index (χ4n) is 1.13. The molecule has 2 rings (SSSR count). The monoisotopic (exact) mass is 199 g/mol. The topological polar surface area (TPSA) is 58.0 Å². The van der Waals surface area contributed by atoms with Gasteiger partial charge in [-0.25, -0.2) is 0 Å². The van der Waals surface area contributed by atoms with Gasteiger partial charge >= 0.3 is 0 Å². The van der Waals surface area contributed by atoms with Gasteiger partial charge in [-0.15, -0.1) is 0 Å². The summed E-state index contributed by atoms with van der Waals surface area (Å²) in [6, 6.07) is 0. The first-order chi connectivity index (χ1) is 5.61. The predicted octanol–water partition coefficient (Wildman–Crippen LogP) is 1.20. The van der Waals surface area contributed by atoms with Gasteiger partial charge in [-0.05, 0) is 18.7 Å². The van der Waals surface area contributed by atoms with E-state index in [-0.39, 0.29) is 21.2 Å². The van der Waals surface area contributed by atoms with Gasteiger partial charge in [0.2, 0.25) is 10.2 Å². The van der Waals surface area contributed by atoms with Gasteiger partial charge in [0.1, 0.15) is 5.71 Å². The Morgan fingerprint density at radius 2 is 2.00 bits per heavy atom. The fourth-order valence-corrected chi connectivity index (χ4v) is 3.46. The molecule has 1 atom stereocenters. The van der Waals surface area contributed by atoms with Crippen LogP contribution in [-0.2, 0) is 9.59 Å². The molecule has 0 radical (unpaired) electrons. The lowest BCUT2D eigenvalue weighted by atomic mass is 10.2. The molecule has 0 aromatic rings. The van der Waals surface area contributed by atoms with Gasteiger partial charge < -0.3 is 0 Å².